The van der Waals surface area contributed by atoms with Gasteiger partial charge < -0.3 is 14.7 Å². The molecule has 3 rings (SSSR count). The van der Waals surface area contributed by atoms with Crippen LogP contribution >= 0.6 is 0 Å². The van der Waals surface area contributed by atoms with Crippen LogP contribution in [0.5, 0.6) is 0 Å². The quantitative estimate of drug-likeness (QED) is 0.495. The van der Waals surface area contributed by atoms with Gasteiger partial charge in [-0.3, -0.25) is 10.1 Å². The molecule has 1 aromatic rings. The van der Waals surface area contributed by atoms with Crippen molar-refractivity contribution >= 4 is 27.4 Å². The fourth-order valence-electron chi connectivity index (χ4n) is 4.04. The predicted octanol–water partition coefficient (Wildman–Crippen LogP) is 1.96. The molecule has 0 unspecified atom stereocenters. The number of urea groups is 1. The van der Waals surface area contributed by atoms with Gasteiger partial charge in [0.15, 0.2) is 0 Å². The number of amides is 2. The van der Waals surface area contributed by atoms with Crippen molar-refractivity contribution in [3.8, 4) is 0 Å². The van der Waals surface area contributed by atoms with E-state index in [1.807, 2.05) is 9.80 Å². The Morgan fingerprint density at radius 3 is 2.13 bits per heavy atom. The molecule has 0 bridgehead atoms. The van der Waals surface area contributed by atoms with Crippen molar-refractivity contribution in [2.45, 2.75) is 31.6 Å². The molecule has 2 fully saturated rings. The van der Waals surface area contributed by atoms with Crippen molar-refractivity contribution in [3.63, 3.8) is 0 Å². The molecule has 166 valence electrons. The summed E-state index contributed by atoms with van der Waals surface area (Å²) in [7, 11) is -3.78. The van der Waals surface area contributed by atoms with E-state index < -0.39 is 14.9 Å². The Morgan fingerprint density at radius 2 is 1.60 bits per heavy atom. The molecule has 1 aromatic carbocycles. The van der Waals surface area contributed by atoms with Crippen molar-refractivity contribution < 1.29 is 18.1 Å². The molecule has 2 heterocycles. The molecule has 11 heteroatoms. The van der Waals surface area contributed by atoms with Crippen LogP contribution in [0.3, 0.4) is 0 Å². The standard InChI is InChI=1S/C19H29N5O5S/c1-3-23(4-2)30(28,29)16-7-8-17(18(15-16)24(26)27)20-11-13-22(14-12-20)19(25)21-9-5-6-10-21/h7-8,15H,3-6,9-14H2,1-2H3. The zero-order valence-electron chi connectivity index (χ0n) is 17.5. The summed E-state index contributed by atoms with van der Waals surface area (Å²) >= 11 is 0. The second kappa shape index (κ2) is 9.17. The number of sulfonamides is 1. The van der Waals surface area contributed by atoms with Gasteiger partial charge in [0.05, 0.1) is 9.82 Å². The van der Waals surface area contributed by atoms with E-state index in [4.69, 9.17) is 0 Å². The first-order valence-electron chi connectivity index (χ1n) is 10.4. The molecule has 2 saturated heterocycles. The van der Waals surface area contributed by atoms with Crippen LogP contribution in [0.25, 0.3) is 0 Å². The Labute approximate surface area is 177 Å². The highest BCUT2D eigenvalue weighted by molar-refractivity contribution is 7.89. The van der Waals surface area contributed by atoms with E-state index in [-0.39, 0.29) is 16.6 Å². The van der Waals surface area contributed by atoms with Crippen LogP contribution in [0.15, 0.2) is 23.1 Å². The Kier molecular flexibility index (Phi) is 6.81. The number of nitrogens with zero attached hydrogens (tertiary/aromatic N) is 5. The van der Waals surface area contributed by atoms with Crippen LogP contribution in [0, 0.1) is 10.1 Å². The molecular weight excluding hydrogens is 410 g/mol. The van der Waals surface area contributed by atoms with Crippen LogP contribution in [0.4, 0.5) is 16.2 Å². The first-order chi connectivity index (χ1) is 14.3. The van der Waals surface area contributed by atoms with Gasteiger partial charge >= 0.3 is 6.03 Å². The monoisotopic (exact) mass is 439 g/mol. The van der Waals surface area contributed by atoms with Crippen LogP contribution < -0.4 is 4.90 Å². The number of benzene rings is 1. The number of rotatable bonds is 6. The molecule has 0 N–H and O–H groups in total. The highest BCUT2D eigenvalue weighted by Gasteiger charge is 2.31. The maximum absolute atomic E-state index is 12.7. The Hall–Kier alpha value is -2.40. The minimum atomic E-state index is -3.78. The lowest BCUT2D eigenvalue weighted by molar-refractivity contribution is -0.384. The van der Waals surface area contributed by atoms with Crippen LogP contribution in [-0.4, -0.2) is 85.8 Å². The van der Waals surface area contributed by atoms with Gasteiger partial charge in [0, 0.05) is 58.4 Å². The molecule has 30 heavy (non-hydrogen) atoms. The molecule has 0 saturated carbocycles. The van der Waals surface area contributed by atoms with E-state index in [2.05, 4.69) is 0 Å². The van der Waals surface area contributed by atoms with Gasteiger partial charge in [-0.1, -0.05) is 13.8 Å². The predicted molar refractivity (Wildman–Crippen MR) is 113 cm³/mol. The highest BCUT2D eigenvalue weighted by Crippen LogP contribution is 2.32. The fourth-order valence-corrected chi connectivity index (χ4v) is 5.52. The van der Waals surface area contributed by atoms with Crippen molar-refractivity contribution in [2.75, 3.05) is 57.3 Å². The summed E-state index contributed by atoms with van der Waals surface area (Å²) in [5, 5.41) is 11.7. The van der Waals surface area contributed by atoms with E-state index in [1.54, 1.807) is 18.7 Å². The van der Waals surface area contributed by atoms with Crippen molar-refractivity contribution in [3.05, 3.63) is 28.3 Å². The van der Waals surface area contributed by atoms with E-state index in [1.165, 1.54) is 16.4 Å². The molecule has 0 radical (unpaired) electrons. The van der Waals surface area contributed by atoms with E-state index in [9.17, 15) is 23.3 Å². The minimum absolute atomic E-state index is 0.0299. The Morgan fingerprint density at radius 1 is 1.03 bits per heavy atom. The summed E-state index contributed by atoms with van der Waals surface area (Å²) in [5.41, 5.74) is 0.148. The Bertz CT molecular complexity index is 889. The maximum Gasteiger partial charge on any atom is 0.320 e. The second-order valence-corrected chi connectivity index (χ2v) is 9.39. The van der Waals surface area contributed by atoms with Gasteiger partial charge in [-0.2, -0.15) is 4.31 Å². The third-order valence-electron chi connectivity index (χ3n) is 5.75. The lowest BCUT2D eigenvalue weighted by atomic mass is 10.2. The molecule has 10 nitrogen and oxygen atoms in total. The number of carbonyl (C=O) groups is 1. The summed E-state index contributed by atoms with van der Waals surface area (Å²) < 4.78 is 26.8. The molecule has 0 aromatic heterocycles. The lowest BCUT2D eigenvalue weighted by Crippen LogP contribution is -2.52. The zero-order chi connectivity index (χ0) is 21.9. The van der Waals surface area contributed by atoms with Crippen molar-refractivity contribution in [1.82, 2.24) is 14.1 Å². The minimum Gasteiger partial charge on any atom is -0.362 e. The van der Waals surface area contributed by atoms with Gasteiger partial charge in [-0.05, 0) is 25.0 Å². The number of nitro groups is 1. The molecule has 2 amide bonds. The van der Waals surface area contributed by atoms with Gasteiger partial charge in [-0.25, -0.2) is 13.2 Å². The number of hydrogen-bond donors (Lipinski definition) is 0. The second-order valence-electron chi connectivity index (χ2n) is 7.45. The van der Waals surface area contributed by atoms with Crippen LogP contribution in [0.1, 0.15) is 26.7 Å². The molecular formula is C19H29N5O5S. The van der Waals surface area contributed by atoms with E-state index in [0.717, 1.165) is 32.0 Å². The van der Waals surface area contributed by atoms with Crippen molar-refractivity contribution in [2.24, 2.45) is 0 Å². The van der Waals surface area contributed by atoms with Crippen molar-refractivity contribution in [1.29, 1.82) is 0 Å². The van der Waals surface area contributed by atoms with Gasteiger partial charge in [0.1, 0.15) is 5.69 Å². The zero-order valence-corrected chi connectivity index (χ0v) is 18.3. The normalized spacial score (nSPS) is 17.6. The number of anilines is 1. The Balaban J connectivity index is 1.78. The number of piperazine rings is 1. The number of carbonyl (C=O) groups excluding carboxylic acids is 1. The average Bonchev–Trinajstić information content (AvgIpc) is 3.28. The van der Waals surface area contributed by atoms with Gasteiger partial charge in [0.25, 0.3) is 5.69 Å². The van der Waals surface area contributed by atoms with Crippen LogP contribution in [0.2, 0.25) is 0 Å². The fraction of sp³-hybridized carbons (Fsp3) is 0.632. The topological polar surface area (TPSA) is 107 Å². The summed E-state index contributed by atoms with van der Waals surface area (Å²) in [6, 6.07) is 4.11. The number of hydrogen-bond acceptors (Lipinski definition) is 6. The molecule has 2 aliphatic heterocycles. The molecule has 0 aliphatic carbocycles. The summed E-state index contributed by atoms with van der Waals surface area (Å²) in [5.74, 6) is 0. The third-order valence-corrected chi connectivity index (χ3v) is 7.80. The molecule has 2 aliphatic rings. The first kappa shape index (κ1) is 22.3. The highest BCUT2D eigenvalue weighted by atomic mass is 32.2. The SMILES string of the molecule is CCN(CC)S(=O)(=O)c1ccc(N2CCN(C(=O)N3CCCC3)CC2)c([N+](=O)[O-])c1. The summed E-state index contributed by atoms with van der Waals surface area (Å²) in [4.78, 5) is 29.1. The summed E-state index contributed by atoms with van der Waals surface area (Å²) in [6.45, 7) is 7.49. The smallest absolute Gasteiger partial charge is 0.320 e. The number of nitro benzene ring substituents is 1. The van der Waals surface area contributed by atoms with Gasteiger partial charge in [-0.15, -0.1) is 0 Å². The largest absolute Gasteiger partial charge is 0.362 e. The summed E-state index contributed by atoms with van der Waals surface area (Å²) in [6.07, 6.45) is 2.06. The third kappa shape index (κ3) is 4.36. The lowest BCUT2D eigenvalue weighted by Gasteiger charge is -2.37. The number of likely N-dealkylation sites (tertiary alicyclic amines) is 1. The first-order valence-corrected chi connectivity index (χ1v) is 11.8. The maximum atomic E-state index is 12.7. The van der Waals surface area contributed by atoms with E-state index >= 15 is 0 Å². The molecule has 0 spiro atoms. The average molecular weight is 440 g/mol. The van der Waals surface area contributed by atoms with Gasteiger partial charge in [0.2, 0.25) is 10.0 Å². The molecule has 0 atom stereocenters. The van der Waals surface area contributed by atoms with E-state index in [0.29, 0.717) is 45.0 Å². The van der Waals surface area contributed by atoms with Crippen LogP contribution in [-0.2, 0) is 10.0 Å².